The van der Waals surface area contributed by atoms with Crippen LogP contribution in [0.4, 0.5) is 5.69 Å². The fourth-order valence-corrected chi connectivity index (χ4v) is 5.21. The second-order valence-corrected chi connectivity index (χ2v) is 10.4. The van der Waals surface area contributed by atoms with Gasteiger partial charge in [-0.2, -0.15) is 0 Å². The zero-order valence-corrected chi connectivity index (χ0v) is 24.0. The number of fused-ring (bicyclic) bond motifs is 1. The molecule has 42 heavy (non-hydrogen) atoms. The number of nitrogens with one attached hydrogen (secondary N) is 2. The van der Waals surface area contributed by atoms with E-state index in [1.165, 1.54) is 11.8 Å². The molecule has 1 heterocycles. The van der Waals surface area contributed by atoms with E-state index in [0.717, 1.165) is 22.0 Å². The average Bonchev–Trinajstić information content (AvgIpc) is 3.42. The molecular weight excluding hydrogens is 550 g/mol. The molecule has 0 atom stereocenters. The van der Waals surface area contributed by atoms with Gasteiger partial charge in [0.25, 0.3) is 5.91 Å². The van der Waals surface area contributed by atoms with Crippen LogP contribution in [0.25, 0.3) is 16.5 Å². The molecule has 5 rings (SSSR count). The van der Waals surface area contributed by atoms with E-state index < -0.39 is 5.97 Å². The third-order valence-electron chi connectivity index (χ3n) is 6.41. The molecule has 0 radical (unpaired) electrons. The second-order valence-electron chi connectivity index (χ2n) is 9.42. The van der Waals surface area contributed by atoms with Crippen LogP contribution in [0, 0.1) is 6.92 Å². The van der Waals surface area contributed by atoms with Crippen LogP contribution in [0.15, 0.2) is 96.2 Å². The second kappa shape index (κ2) is 13.1. The Kier molecular flexibility index (Phi) is 8.93. The maximum Gasteiger partial charge on any atom is 0.338 e. The first-order valence-corrected chi connectivity index (χ1v) is 14.4. The molecule has 0 saturated carbocycles. The largest absolute Gasteiger partial charge is 0.462 e. The topological polar surface area (TPSA) is 115 Å². The van der Waals surface area contributed by atoms with Crippen LogP contribution < -0.4 is 10.6 Å². The molecule has 212 valence electrons. The van der Waals surface area contributed by atoms with Crippen molar-refractivity contribution in [1.29, 1.82) is 0 Å². The fraction of sp³-hybridized carbons (Fsp3) is 0.156. The summed E-state index contributed by atoms with van der Waals surface area (Å²) in [6.07, 6.45) is 0. The molecule has 4 aromatic carbocycles. The molecule has 0 spiro atoms. The quantitative estimate of drug-likeness (QED) is 0.164. The van der Waals surface area contributed by atoms with E-state index in [-0.39, 0.29) is 24.1 Å². The van der Waals surface area contributed by atoms with Gasteiger partial charge in [0, 0.05) is 16.9 Å². The van der Waals surface area contributed by atoms with Crippen LogP contribution in [0.1, 0.15) is 39.0 Å². The third-order valence-corrected chi connectivity index (χ3v) is 7.34. The van der Waals surface area contributed by atoms with Crippen molar-refractivity contribution in [2.45, 2.75) is 25.5 Å². The smallest absolute Gasteiger partial charge is 0.338 e. The van der Waals surface area contributed by atoms with Crippen LogP contribution in [0.5, 0.6) is 0 Å². The van der Waals surface area contributed by atoms with Gasteiger partial charge >= 0.3 is 5.97 Å². The van der Waals surface area contributed by atoms with Crippen molar-refractivity contribution in [2.75, 3.05) is 17.7 Å². The highest BCUT2D eigenvalue weighted by molar-refractivity contribution is 7.99. The monoisotopic (exact) mass is 579 g/mol. The number of esters is 1. The van der Waals surface area contributed by atoms with Crippen molar-refractivity contribution in [2.24, 2.45) is 0 Å². The number of aryl methyl sites for hydroxylation is 1. The van der Waals surface area contributed by atoms with E-state index >= 15 is 0 Å². The van der Waals surface area contributed by atoms with Gasteiger partial charge in [0.1, 0.15) is 0 Å². The minimum atomic E-state index is -0.412. The van der Waals surface area contributed by atoms with Gasteiger partial charge in [0.2, 0.25) is 5.91 Å². The minimum absolute atomic E-state index is 0.0753. The number of rotatable bonds is 10. The van der Waals surface area contributed by atoms with Crippen LogP contribution in [-0.2, 0) is 16.1 Å². The van der Waals surface area contributed by atoms with Gasteiger partial charge in [-0.25, -0.2) is 4.79 Å². The zero-order chi connectivity index (χ0) is 29.5. The lowest BCUT2D eigenvalue weighted by atomic mass is 10.0. The van der Waals surface area contributed by atoms with E-state index in [1.54, 1.807) is 37.3 Å². The summed E-state index contributed by atoms with van der Waals surface area (Å²) in [5.41, 5.74) is 3.43. The molecule has 0 bridgehead atoms. The Balaban J connectivity index is 1.30. The third kappa shape index (κ3) is 6.67. The molecule has 2 N–H and O–H groups in total. The van der Waals surface area contributed by atoms with E-state index in [1.807, 2.05) is 72.2 Å². The number of ether oxygens (including phenoxy) is 1. The molecule has 0 aliphatic heterocycles. The molecular formula is C32H29N5O4S. The van der Waals surface area contributed by atoms with E-state index in [4.69, 9.17) is 4.74 Å². The number of amides is 2. The van der Waals surface area contributed by atoms with Gasteiger partial charge in [-0.1, -0.05) is 60.3 Å². The summed E-state index contributed by atoms with van der Waals surface area (Å²) in [6, 6.07) is 27.7. The predicted molar refractivity (Wildman–Crippen MR) is 163 cm³/mol. The lowest BCUT2D eigenvalue weighted by Gasteiger charge is -2.12. The minimum Gasteiger partial charge on any atom is -0.462 e. The summed E-state index contributed by atoms with van der Waals surface area (Å²) in [4.78, 5) is 37.8. The first-order chi connectivity index (χ1) is 20.4. The average molecular weight is 580 g/mol. The van der Waals surface area contributed by atoms with Gasteiger partial charge in [-0.05, 0) is 72.6 Å². The first-order valence-electron chi connectivity index (χ1n) is 13.4. The Hall–Kier alpha value is -4.96. The van der Waals surface area contributed by atoms with Crippen LogP contribution in [-0.4, -0.2) is 44.9 Å². The number of anilines is 1. The maximum atomic E-state index is 13.2. The Morgan fingerprint density at radius 1 is 0.905 bits per heavy atom. The molecule has 0 fully saturated rings. The maximum absolute atomic E-state index is 13.2. The van der Waals surface area contributed by atoms with Crippen molar-refractivity contribution < 1.29 is 19.1 Å². The zero-order valence-electron chi connectivity index (χ0n) is 23.2. The van der Waals surface area contributed by atoms with Crippen LogP contribution in [0.2, 0.25) is 0 Å². The van der Waals surface area contributed by atoms with Gasteiger partial charge in [-0.3, -0.25) is 14.2 Å². The molecule has 2 amide bonds. The number of carbonyl (C=O) groups excluding carboxylic acids is 3. The predicted octanol–water partition coefficient (Wildman–Crippen LogP) is 5.57. The summed E-state index contributed by atoms with van der Waals surface area (Å²) in [6.45, 7) is 4.17. The highest BCUT2D eigenvalue weighted by Gasteiger charge is 2.18. The number of hydrogen-bond donors (Lipinski definition) is 2. The van der Waals surface area contributed by atoms with Crippen molar-refractivity contribution in [3.8, 4) is 5.69 Å². The molecule has 0 aliphatic carbocycles. The molecule has 9 nitrogen and oxygen atoms in total. The SMILES string of the molecule is CCOC(=O)c1ccc(NC(=O)CSc2nnc(CNC(=O)c3cccc4ccccc34)n2-c2cccc(C)c2)cc1. The molecule has 5 aromatic rings. The fourth-order valence-electron chi connectivity index (χ4n) is 4.44. The summed E-state index contributed by atoms with van der Waals surface area (Å²) in [5, 5.41) is 16.9. The van der Waals surface area contributed by atoms with Crippen molar-refractivity contribution >= 4 is 46.0 Å². The number of benzene rings is 4. The summed E-state index contributed by atoms with van der Waals surface area (Å²) in [5.74, 6) is -0.259. The highest BCUT2D eigenvalue weighted by Crippen LogP contribution is 2.24. The van der Waals surface area contributed by atoms with Gasteiger partial charge < -0.3 is 15.4 Å². The molecule has 1 aromatic heterocycles. The lowest BCUT2D eigenvalue weighted by molar-refractivity contribution is -0.113. The molecule has 0 saturated heterocycles. The Bertz CT molecular complexity index is 1740. The standard InChI is InChI=1S/C32H29N5O4S/c1-3-41-31(40)23-14-16-24(17-15-23)34-29(38)20-42-32-36-35-28(37(32)25-11-6-8-21(2)18-25)19-33-30(39)27-13-7-10-22-9-4-5-12-26(22)27/h4-18H,3,19-20H2,1-2H3,(H,33,39)(H,34,38). The molecule has 0 aliphatic rings. The van der Waals surface area contributed by atoms with Crippen molar-refractivity contribution in [3.63, 3.8) is 0 Å². The first kappa shape index (κ1) is 28.6. The highest BCUT2D eigenvalue weighted by atomic mass is 32.2. The number of carbonyl (C=O) groups is 3. The Morgan fingerprint density at radius 2 is 1.67 bits per heavy atom. The van der Waals surface area contributed by atoms with Crippen LogP contribution >= 0.6 is 11.8 Å². The van der Waals surface area contributed by atoms with E-state index in [9.17, 15) is 14.4 Å². The Labute approximate surface area is 247 Å². The van der Waals surface area contributed by atoms with Gasteiger partial charge in [-0.15, -0.1) is 10.2 Å². The number of thioether (sulfide) groups is 1. The summed E-state index contributed by atoms with van der Waals surface area (Å²) >= 11 is 1.23. The van der Waals surface area contributed by atoms with Crippen molar-refractivity contribution in [3.05, 3.63) is 114 Å². The van der Waals surface area contributed by atoms with Gasteiger partial charge in [0.05, 0.1) is 24.5 Å². The Morgan fingerprint density at radius 3 is 2.45 bits per heavy atom. The van der Waals surface area contributed by atoms with E-state index in [0.29, 0.717) is 34.4 Å². The van der Waals surface area contributed by atoms with Crippen molar-refractivity contribution in [1.82, 2.24) is 20.1 Å². The van der Waals surface area contributed by atoms with Gasteiger partial charge in [0.15, 0.2) is 11.0 Å². The van der Waals surface area contributed by atoms with Crippen LogP contribution in [0.3, 0.4) is 0 Å². The number of aromatic nitrogens is 3. The molecule has 10 heteroatoms. The normalized spacial score (nSPS) is 10.8. The summed E-state index contributed by atoms with van der Waals surface area (Å²) in [7, 11) is 0. The molecule has 0 unspecified atom stereocenters. The number of nitrogens with zero attached hydrogens (tertiary/aromatic N) is 3. The van der Waals surface area contributed by atoms with E-state index in [2.05, 4.69) is 20.8 Å². The lowest BCUT2D eigenvalue weighted by Crippen LogP contribution is -2.25. The number of hydrogen-bond acceptors (Lipinski definition) is 7. The summed E-state index contributed by atoms with van der Waals surface area (Å²) < 4.78 is 6.85.